The van der Waals surface area contributed by atoms with Gasteiger partial charge in [-0.05, 0) is 87.9 Å². The number of ether oxygens (including phenoxy) is 2. The van der Waals surface area contributed by atoms with Gasteiger partial charge in [-0.3, -0.25) is 9.59 Å². The van der Waals surface area contributed by atoms with E-state index in [9.17, 15) is 9.59 Å². The van der Waals surface area contributed by atoms with Gasteiger partial charge in [-0.1, -0.05) is 32.0 Å². The lowest BCUT2D eigenvalue weighted by atomic mass is 10.0. The number of esters is 2. The van der Waals surface area contributed by atoms with Crippen molar-refractivity contribution in [2.75, 3.05) is 4.90 Å². The molecule has 33 heavy (non-hydrogen) atoms. The molecule has 0 amide bonds. The minimum absolute atomic E-state index is 0.203. The van der Waals surface area contributed by atoms with Crippen LogP contribution in [0.5, 0.6) is 5.75 Å². The van der Waals surface area contributed by atoms with Crippen molar-refractivity contribution in [3.8, 4) is 5.75 Å². The molecule has 0 aliphatic heterocycles. The van der Waals surface area contributed by atoms with Gasteiger partial charge < -0.3 is 14.4 Å². The van der Waals surface area contributed by atoms with Crippen molar-refractivity contribution in [1.82, 2.24) is 0 Å². The van der Waals surface area contributed by atoms with E-state index < -0.39 is 0 Å². The molecule has 0 heterocycles. The van der Waals surface area contributed by atoms with Gasteiger partial charge in [0, 0.05) is 24.7 Å². The lowest BCUT2D eigenvalue weighted by molar-refractivity contribution is -0.142. The number of carbonyl (C=O) groups excluding carboxylic acids is 2. The SMILES string of the molecule is CC(=O)OCc1ccc(OC(=O)C(C)C)c(CCCc2cccc(N(C(C)C)C(C)C)c2)c1. The summed E-state index contributed by atoms with van der Waals surface area (Å²) in [5.41, 5.74) is 4.37. The van der Waals surface area contributed by atoms with Crippen LogP contribution in [0.4, 0.5) is 5.69 Å². The van der Waals surface area contributed by atoms with Crippen molar-refractivity contribution < 1.29 is 19.1 Å². The van der Waals surface area contributed by atoms with E-state index in [1.807, 2.05) is 26.0 Å². The Morgan fingerprint density at radius 2 is 1.58 bits per heavy atom. The number of benzene rings is 2. The molecule has 0 saturated carbocycles. The largest absolute Gasteiger partial charge is 0.461 e. The number of hydrogen-bond donors (Lipinski definition) is 0. The Hall–Kier alpha value is -2.82. The van der Waals surface area contributed by atoms with Crippen LogP contribution in [0.25, 0.3) is 0 Å². The van der Waals surface area contributed by atoms with Gasteiger partial charge >= 0.3 is 11.9 Å². The smallest absolute Gasteiger partial charge is 0.313 e. The predicted octanol–water partition coefficient (Wildman–Crippen LogP) is 6.11. The molecule has 0 atom stereocenters. The van der Waals surface area contributed by atoms with Gasteiger partial charge in [0.15, 0.2) is 0 Å². The normalized spacial score (nSPS) is 11.2. The van der Waals surface area contributed by atoms with Crippen molar-refractivity contribution in [1.29, 1.82) is 0 Å². The molecule has 0 aromatic heterocycles. The molecule has 0 aliphatic carbocycles. The molecule has 2 aromatic rings. The Bertz CT molecular complexity index is 925. The monoisotopic (exact) mass is 453 g/mol. The van der Waals surface area contributed by atoms with Crippen LogP contribution in [0.15, 0.2) is 42.5 Å². The lowest BCUT2D eigenvalue weighted by Gasteiger charge is -2.33. The van der Waals surface area contributed by atoms with Gasteiger partial charge in [0.1, 0.15) is 12.4 Å². The summed E-state index contributed by atoms with van der Waals surface area (Å²) in [7, 11) is 0. The Morgan fingerprint density at radius 1 is 0.879 bits per heavy atom. The molecule has 0 radical (unpaired) electrons. The molecule has 180 valence electrons. The first-order valence-electron chi connectivity index (χ1n) is 11.9. The first-order valence-corrected chi connectivity index (χ1v) is 11.9. The van der Waals surface area contributed by atoms with E-state index >= 15 is 0 Å². The number of carbonyl (C=O) groups is 2. The van der Waals surface area contributed by atoms with Gasteiger partial charge in [-0.15, -0.1) is 0 Å². The predicted molar refractivity (Wildman–Crippen MR) is 134 cm³/mol. The second kappa shape index (κ2) is 12.4. The van der Waals surface area contributed by atoms with Crippen LogP contribution in [0.1, 0.15) is 71.6 Å². The van der Waals surface area contributed by atoms with Crippen molar-refractivity contribution in [3.05, 3.63) is 59.2 Å². The molecule has 2 aromatic carbocycles. The van der Waals surface area contributed by atoms with E-state index in [0.29, 0.717) is 17.8 Å². The molecule has 5 heteroatoms. The molecular formula is C28H39NO4. The fourth-order valence-corrected chi connectivity index (χ4v) is 3.98. The highest BCUT2D eigenvalue weighted by molar-refractivity contribution is 5.74. The summed E-state index contributed by atoms with van der Waals surface area (Å²) in [6.07, 6.45) is 2.59. The number of hydrogen-bond acceptors (Lipinski definition) is 5. The van der Waals surface area contributed by atoms with E-state index in [0.717, 1.165) is 30.4 Å². The molecule has 2 rings (SSSR count). The highest BCUT2D eigenvalue weighted by Gasteiger charge is 2.16. The minimum atomic E-state index is -0.316. The maximum Gasteiger partial charge on any atom is 0.313 e. The first-order chi connectivity index (χ1) is 15.6. The van der Waals surface area contributed by atoms with Crippen molar-refractivity contribution in [3.63, 3.8) is 0 Å². The Balaban J connectivity index is 2.15. The Labute approximate surface area is 199 Å². The van der Waals surface area contributed by atoms with E-state index in [2.05, 4.69) is 56.9 Å². The molecule has 0 N–H and O–H groups in total. The van der Waals surface area contributed by atoms with Crippen LogP contribution >= 0.6 is 0 Å². The van der Waals surface area contributed by atoms with Crippen LogP contribution in [-0.2, 0) is 33.8 Å². The van der Waals surface area contributed by atoms with Gasteiger partial charge in [0.25, 0.3) is 0 Å². The lowest BCUT2D eigenvalue weighted by Crippen LogP contribution is -2.36. The Kier molecular flexibility index (Phi) is 9.95. The molecule has 5 nitrogen and oxygen atoms in total. The van der Waals surface area contributed by atoms with Gasteiger partial charge in [-0.25, -0.2) is 0 Å². The zero-order valence-corrected chi connectivity index (χ0v) is 21.2. The summed E-state index contributed by atoms with van der Waals surface area (Å²) < 4.78 is 10.8. The summed E-state index contributed by atoms with van der Waals surface area (Å²) in [6, 6.07) is 15.2. The van der Waals surface area contributed by atoms with Crippen LogP contribution in [0.2, 0.25) is 0 Å². The van der Waals surface area contributed by atoms with Crippen molar-refractivity contribution in [2.24, 2.45) is 5.92 Å². The van der Waals surface area contributed by atoms with E-state index in [1.54, 1.807) is 6.07 Å². The van der Waals surface area contributed by atoms with Crippen LogP contribution in [-0.4, -0.2) is 24.0 Å². The van der Waals surface area contributed by atoms with Crippen LogP contribution < -0.4 is 9.64 Å². The van der Waals surface area contributed by atoms with Crippen LogP contribution in [0, 0.1) is 5.92 Å². The minimum Gasteiger partial charge on any atom is -0.461 e. The van der Waals surface area contributed by atoms with E-state index in [4.69, 9.17) is 9.47 Å². The highest BCUT2D eigenvalue weighted by atomic mass is 16.5. The first kappa shape index (κ1) is 26.4. The van der Waals surface area contributed by atoms with Gasteiger partial charge in [-0.2, -0.15) is 0 Å². The van der Waals surface area contributed by atoms with Gasteiger partial charge in [0.2, 0.25) is 0 Å². The third-order valence-electron chi connectivity index (χ3n) is 5.48. The molecule has 0 spiro atoms. The van der Waals surface area contributed by atoms with E-state index in [1.165, 1.54) is 18.2 Å². The van der Waals surface area contributed by atoms with Crippen LogP contribution in [0.3, 0.4) is 0 Å². The third kappa shape index (κ3) is 8.23. The fourth-order valence-electron chi connectivity index (χ4n) is 3.98. The summed E-state index contributed by atoms with van der Waals surface area (Å²) in [4.78, 5) is 25.8. The van der Waals surface area contributed by atoms with Crippen molar-refractivity contribution >= 4 is 17.6 Å². The molecule has 0 saturated heterocycles. The number of anilines is 1. The van der Waals surface area contributed by atoms with Crippen molar-refractivity contribution in [2.45, 2.75) is 86.4 Å². The Morgan fingerprint density at radius 3 is 2.18 bits per heavy atom. The van der Waals surface area contributed by atoms with Gasteiger partial charge in [0.05, 0.1) is 5.92 Å². The average Bonchev–Trinajstić information content (AvgIpc) is 2.73. The molecule has 0 aliphatic rings. The summed E-state index contributed by atoms with van der Waals surface area (Å²) >= 11 is 0. The average molecular weight is 454 g/mol. The zero-order chi connectivity index (χ0) is 24.5. The molecule has 0 unspecified atom stereocenters. The topological polar surface area (TPSA) is 55.8 Å². The maximum absolute atomic E-state index is 12.2. The second-order valence-corrected chi connectivity index (χ2v) is 9.42. The van der Waals surface area contributed by atoms with E-state index in [-0.39, 0.29) is 24.5 Å². The zero-order valence-electron chi connectivity index (χ0n) is 21.2. The number of nitrogens with zero attached hydrogens (tertiary/aromatic N) is 1. The summed E-state index contributed by atoms with van der Waals surface area (Å²) in [5, 5.41) is 0. The highest BCUT2D eigenvalue weighted by Crippen LogP contribution is 2.26. The molecule has 0 fully saturated rings. The second-order valence-electron chi connectivity index (χ2n) is 9.42. The number of rotatable bonds is 11. The number of aryl methyl sites for hydroxylation is 2. The quantitative estimate of drug-likeness (QED) is 0.303. The standard InChI is InChI=1S/C28H39NO4/c1-19(2)28(31)33-27-15-14-24(18-32-22(7)30)16-25(27)12-8-10-23-11-9-13-26(17-23)29(20(3)4)21(5)6/h9,11,13-17,19-21H,8,10,12,18H2,1-7H3. The maximum atomic E-state index is 12.2. The summed E-state index contributed by atoms with van der Waals surface area (Å²) in [6.45, 7) is 14.1. The third-order valence-corrected chi connectivity index (χ3v) is 5.48. The summed E-state index contributed by atoms with van der Waals surface area (Å²) in [5.74, 6) is -0.186. The molecular weight excluding hydrogens is 414 g/mol. The molecule has 0 bridgehead atoms. The fraction of sp³-hybridized carbons (Fsp3) is 0.500.